The molecule has 0 saturated heterocycles. The van der Waals surface area contributed by atoms with E-state index in [0.29, 0.717) is 16.7 Å². The standard InChI is InChI=1S/C14H20N4OS/c1-10-8-11(2)18-12(15-10)16-13(17-18)20-9-14(19)6-4-3-5-7-14/h8,19H,3-7,9H2,1-2H3. The van der Waals surface area contributed by atoms with Gasteiger partial charge in [0.1, 0.15) is 0 Å². The third kappa shape index (κ3) is 2.81. The van der Waals surface area contributed by atoms with Gasteiger partial charge in [0.05, 0.1) is 5.60 Å². The molecule has 0 aliphatic heterocycles. The zero-order valence-electron chi connectivity index (χ0n) is 12.0. The summed E-state index contributed by atoms with van der Waals surface area (Å²) in [6, 6.07) is 1.99. The molecule has 0 unspecified atom stereocenters. The molecule has 1 N–H and O–H groups in total. The molecule has 0 amide bonds. The van der Waals surface area contributed by atoms with Gasteiger partial charge in [-0.15, -0.1) is 5.10 Å². The molecule has 0 aromatic carbocycles. The topological polar surface area (TPSA) is 63.3 Å². The fourth-order valence-electron chi connectivity index (χ4n) is 2.76. The van der Waals surface area contributed by atoms with Crippen LogP contribution in [0.5, 0.6) is 0 Å². The average Bonchev–Trinajstić information content (AvgIpc) is 2.81. The number of hydrogen-bond acceptors (Lipinski definition) is 5. The number of rotatable bonds is 3. The van der Waals surface area contributed by atoms with Crippen LogP contribution in [0.4, 0.5) is 0 Å². The van der Waals surface area contributed by atoms with Crippen LogP contribution in [0.1, 0.15) is 43.5 Å². The Morgan fingerprint density at radius 1 is 1.25 bits per heavy atom. The normalized spacial score (nSPS) is 18.6. The van der Waals surface area contributed by atoms with E-state index in [9.17, 15) is 5.11 Å². The van der Waals surface area contributed by atoms with Gasteiger partial charge < -0.3 is 5.11 Å². The zero-order valence-corrected chi connectivity index (χ0v) is 12.8. The predicted molar refractivity (Wildman–Crippen MR) is 79.0 cm³/mol. The van der Waals surface area contributed by atoms with Crippen molar-refractivity contribution in [3.05, 3.63) is 17.5 Å². The first kappa shape index (κ1) is 13.8. The molecule has 0 spiro atoms. The van der Waals surface area contributed by atoms with E-state index in [2.05, 4.69) is 15.1 Å². The summed E-state index contributed by atoms with van der Waals surface area (Å²) in [5, 5.41) is 15.7. The quantitative estimate of drug-likeness (QED) is 0.881. The lowest BCUT2D eigenvalue weighted by Crippen LogP contribution is -2.34. The van der Waals surface area contributed by atoms with Crippen LogP contribution in [0.15, 0.2) is 11.2 Å². The van der Waals surface area contributed by atoms with Gasteiger partial charge in [-0.3, -0.25) is 0 Å². The minimum atomic E-state index is -0.543. The maximum Gasteiger partial charge on any atom is 0.253 e. The van der Waals surface area contributed by atoms with Crippen molar-refractivity contribution in [2.24, 2.45) is 0 Å². The van der Waals surface area contributed by atoms with E-state index in [1.165, 1.54) is 18.2 Å². The van der Waals surface area contributed by atoms with Crippen LogP contribution >= 0.6 is 11.8 Å². The van der Waals surface area contributed by atoms with E-state index < -0.39 is 5.60 Å². The molecular weight excluding hydrogens is 272 g/mol. The predicted octanol–water partition coefficient (Wildman–Crippen LogP) is 2.53. The summed E-state index contributed by atoms with van der Waals surface area (Å²) >= 11 is 1.53. The zero-order chi connectivity index (χ0) is 14.2. The molecule has 6 heteroatoms. The second-order valence-corrected chi connectivity index (χ2v) is 6.66. The van der Waals surface area contributed by atoms with E-state index >= 15 is 0 Å². The Labute approximate surface area is 122 Å². The van der Waals surface area contributed by atoms with E-state index in [4.69, 9.17) is 0 Å². The van der Waals surface area contributed by atoms with Gasteiger partial charge in [-0.25, -0.2) is 9.50 Å². The SMILES string of the molecule is Cc1cc(C)n2nc(SCC3(O)CCCCC3)nc2n1. The smallest absolute Gasteiger partial charge is 0.253 e. The van der Waals surface area contributed by atoms with Crippen molar-refractivity contribution in [3.63, 3.8) is 0 Å². The Morgan fingerprint density at radius 2 is 2.00 bits per heavy atom. The highest BCUT2D eigenvalue weighted by Gasteiger charge is 2.29. The number of hydrogen-bond donors (Lipinski definition) is 1. The molecule has 1 saturated carbocycles. The van der Waals surface area contributed by atoms with Crippen molar-refractivity contribution in [1.29, 1.82) is 0 Å². The summed E-state index contributed by atoms with van der Waals surface area (Å²) in [5.41, 5.74) is 1.44. The van der Waals surface area contributed by atoms with E-state index in [0.717, 1.165) is 37.1 Å². The number of fused-ring (bicyclic) bond motifs is 1. The van der Waals surface area contributed by atoms with Crippen LogP contribution in [0, 0.1) is 13.8 Å². The lowest BCUT2D eigenvalue weighted by Gasteiger charge is -2.31. The van der Waals surface area contributed by atoms with Crippen LogP contribution in [0.3, 0.4) is 0 Å². The Morgan fingerprint density at radius 3 is 2.75 bits per heavy atom. The summed E-state index contributed by atoms with van der Waals surface area (Å²) in [6.45, 7) is 3.96. The number of thioether (sulfide) groups is 1. The van der Waals surface area contributed by atoms with Crippen molar-refractivity contribution in [2.75, 3.05) is 5.75 Å². The minimum absolute atomic E-state index is 0.543. The lowest BCUT2D eigenvalue weighted by molar-refractivity contribution is 0.0272. The van der Waals surface area contributed by atoms with Crippen LogP contribution in [0.2, 0.25) is 0 Å². The van der Waals surface area contributed by atoms with Crippen LogP contribution in [-0.2, 0) is 0 Å². The number of nitrogens with zero attached hydrogens (tertiary/aromatic N) is 4. The van der Waals surface area contributed by atoms with E-state index in [-0.39, 0.29) is 0 Å². The molecule has 5 nitrogen and oxygen atoms in total. The first-order valence-corrected chi connectivity index (χ1v) is 8.11. The van der Waals surface area contributed by atoms with Crippen molar-refractivity contribution < 1.29 is 5.11 Å². The number of aliphatic hydroxyl groups is 1. The maximum atomic E-state index is 10.5. The van der Waals surface area contributed by atoms with E-state index in [1.807, 2.05) is 19.9 Å². The van der Waals surface area contributed by atoms with Crippen LogP contribution in [-0.4, -0.2) is 36.0 Å². The first-order valence-electron chi connectivity index (χ1n) is 7.12. The highest BCUT2D eigenvalue weighted by atomic mass is 32.2. The summed E-state index contributed by atoms with van der Waals surface area (Å²) in [7, 11) is 0. The molecule has 0 bridgehead atoms. The van der Waals surface area contributed by atoms with Crippen LogP contribution < -0.4 is 0 Å². The molecular formula is C14H20N4OS. The fraction of sp³-hybridized carbons (Fsp3) is 0.643. The third-order valence-electron chi connectivity index (χ3n) is 3.85. The number of aromatic nitrogens is 4. The van der Waals surface area contributed by atoms with Gasteiger partial charge in [0, 0.05) is 17.1 Å². The Bertz CT molecular complexity index is 619. The molecule has 2 aromatic heterocycles. The van der Waals surface area contributed by atoms with Gasteiger partial charge in [0.15, 0.2) is 0 Å². The summed E-state index contributed by atoms with van der Waals surface area (Å²) in [5.74, 6) is 1.31. The average molecular weight is 292 g/mol. The Kier molecular flexibility index (Phi) is 3.69. The van der Waals surface area contributed by atoms with Gasteiger partial charge in [-0.2, -0.15) is 4.98 Å². The maximum absolute atomic E-state index is 10.5. The minimum Gasteiger partial charge on any atom is -0.389 e. The van der Waals surface area contributed by atoms with E-state index in [1.54, 1.807) is 4.52 Å². The van der Waals surface area contributed by atoms with Gasteiger partial charge >= 0.3 is 0 Å². The molecule has 0 atom stereocenters. The first-order chi connectivity index (χ1) is 9.56. The van der Waals surface area contributed by atoms with Crippen molar-refractivity contribution in [3.8, 4) is 0 Å². The van der Waals surface area contributed by atoms with Crippen molar-refractivity contribution >= 4 is 17.5 Å². The Balaban J connectivity index is 1.76. The monoisotopic (exact) mass is 292 g/mol. The summed E-state index contributed by atoms with van der Waals surface area (Å²) < 4.78 is 1.76. The summed E-state index contributed by atoms with van der Waals surface area (Å²) in [6.07, 6.45) is 5.26. The highest BCUT2D eigenvalue weighted by molar-refractivity contribution is 7.99. The van der Waals surface area contributed by atoms with Crippen molar-refractivity contribution in [2.45, 2.75) is 56.7 Å². The number of aryl methyl sites for hydroxylation is 2. The molecule has 1 aliphatic rings. The molecule has 0 radical (unpaired) electrons. The second-order valence-electron chi connectivity index (χ2n) is 5.72. The molecule has 1 aliphatic carbocycles. The van der Waals surface area contributed by atoms with Gasteiger partial charge in [0.25, 0.3) is 5.78 Å². The van der Waals surface area contributed by atoms with Crippen LogP contribution in [0.25, 0.3) is 5.78 Å². The second kappa shape index (κ2) is 5.33. The van der Waals surface area contributed by atoms with Gasteiger partial charge in [-0.1, -0.05) is 31.0 Å². The molecule has 1 fully saturated rings. The fourth-order valence-corrected chi connectivity index (χ4v) is 3.73. The largest absolute Gasteiger partial charge is 0.389 e. The van der Waals surface area contributed by atoms with Gasteiger partial charge in [-0.05, 0) is 32.8 Å². The molecule has 20 heavy (non-hydrogen) atoms. The lowest BCUT2D eigenvalue weighted by atomic mass is 9.86. The molecule has 3 rings (SSSR count). The molecule has 108 valence electrons. The van der Waals surface area contributed by atoms with Crippen molar-refractivity contribution in [1.82, 2.24) is 19.6 Å². The highest BCUT2D eigenvalue weighted by Crippen LogP contribution is 2.32. The molecule has 2 aromatic rings. The van der Waals surface area contributed by atoms with Gasteiger partial charge in [0.2, 0.25) is 5.16 Å². The Hall–Kier alpha value is -1.14. The molecule has 2 heterocycles. The summed E-state index contributed by atoms with van der Waals surface area (Å²) in [4.78, 5) is 8.83. The third-order valence-corrected chi connectivity index (χ3v) is 4.97.